The van der Waals surface area contributed by atoms with E-state index in [4.69, 9.17) is 11.6 Å². The fraction of sp³-hybridized carbons (Fsp3) is 0.333. The highest BCUT2D eigenvalue weighted by atomic mass is 35.5. The van der Waals surface area contributed by atoms with Crippen molar-refractivity contribution in [1.82, 2.24) is 14.6 Å². The van der Waals surface area contributed by atoms with Gasteiger partial charge in [0.25, 0.3) is 5.91 Å². The molecule has 0 radical (unpaired) electrons. The molecule has 26 heavy (non-hydrogen) atoms. The van der Waals surface area contributed by atoms with Gasteiger partial charge in [-0.3, -0.25) is 9.78 Å². The summed E-state index contributed by atoms with van der Waals surface area (Å²) in [7, 11) is -3.67. The minimum Gasteiger partial charge on any atom is -0.344 e. The van der Waals surface area contributed by atoms with Crippen LogP contribution >= 0.6 is 11.6 Å². The van der Waals surface area contributed by atoms with Crippen LogP contribution < -0.4 is 5.32 Å². The van der Waals surface area contributed by atoms with E-state index in [1.165, 1.54) is 22.5 Å². The van der Waals surface area contributed by atoms with Crippen LogP contribution in [0.15, 0.2) is 47.5 Å². The number of sulfonamides is 1. The topological polar surface area (TPSA) is 79.4 Å². The third-order valence-electron chi connectivity index (χ3n) is 4.00. The maximum atomic E-state index is 12.7. The van der Waals surface area contributed by atoms with Gasteiger partial charge in [0.05, 0.1) is 27.2 Å². The lowest BCUT2D eigenvalue weighted by Gasteiger charge is -2.19. The summed E-state index contributed by atoms with van der Waals surface area (Å²) in [6, 6.07) is 9.23. The third-order valence-corrected chi connectivity index (χ3v) is 6.38. The van der Waals surface area contributed by atoms with Gasteiger partial charge in [-0.05, 0) is 37.3 Å². The highest BCUT2D eigenvalue weighted by molar-refractivity contribution is 7.89. The smallest absolute Gasteiger partial charge is 0.253 e. The molecular formula is C18H22ClN3O3S. The second-order valence-corrected chi connectivity index (χ2v) is 8.03. The van der Waals surface area contributed by atoms with Gasteiger partial charge < -0.3 is 5.32 Å². The molecule has 1 atom stereocenters. The van der Waals surface area contributed by atoms with E-state index < -0.39 is 15.9 Å². The summed E-state index contributed by atoms with van der Waals surface area (Å²) in [6.07, 6.45) is 1.64. The Balaban J connectivity index is 2.31. The normalized spacial score (nSPS) is 12.8. The summed E-state index contributed by atoms with van der Waals surface area (Å²) < 4.78 is 26.7. The van der Waals surface area contributed by atoms with E-state index in [1.54, 1.807) is 39.1 Å². The molecule has 0 saturated carbocycles. The summed E-state index contributed by atoms with van der Waals surface area (Å²) in [4.78, 5) is 16.8. The van der Waals surface area contributed by atoms with Crippen LogP contribution in [0.4, 0.5) is 0 Å². The first kappa shape index (κ1) is 20.4. The van der Waals surface area contributed by atoms with E-state index in [-0.39, 0.29) is 21.5 Å². The van der Waals surface area contributed by atoms with Crippen molar-refractivity contribution < 1.29 is 13.2 Å². The molecule has 0 saturated heterocycles. The van der Waals surface area contributed by atoms with E-state index in [1.807, 2.05) is 6.07 Å². The number of carbonyl (C=O) groups excluding carboxylic acids is 1. The fourth-order valence-corrected chi connectivity index (χ4v) is 4.22. The molecule has 0 bridgehead atoms. The Morgan fingerprint density at radius 1 is 1.23 bits per heavy atom. The Bertz CT molecular complexity index is 869. The summed E-state index contributed by atoms with van der Waals surface area (Å²) >= 11 is 6.13. The van der Waals surface area contributed by atoms with Crippen LogP contribution in [0.1, 0.15) is 42.9 Å². The summed E-state index contributed by atoms with van der Waals surface area (Å²) in [5.74, 6) is -0.454. The van der Waals surface area contributed by atoms with E-state index in [0.717, 1.165) is 0 Å². The number of hydrogen-bond acceptors (Lipinski definition) is 4. The first-order chi connectivity index (χ1) is 12.3. The molecule has 0 aliphatic heterocycles. The quantitative estimate of drug-likeness (QED) is 0.780. The Kier molecular flexibility index (Phi) is 6.75. The zero-order valence-electron chi connectivity index (χ0n) is 14.9. The molecule has 0 aliphatic rings. The molecule has 1 aromatic heterocycles. The maximum absolute atomic E-state index is 12.7. The lowest BCUT2D eigenvalue weighted by Crippen LogP contribution is -2.31. The lowest BCUT2D eigenvalue weighted by atomic mass is 10.1. The van der Waals surface area contributed by atoms with Crippen LogP contribution in [0.3, 0.4) is 0 Å². The Morgan fingerprint density at radius 3 is 2.50 bits per heavy atom. The highest BCUT2D eigenvalue weighted by Gasteiger charge is 2.24. The number of benzene rings is 1. The number of aromatic nitrogens is 1. The largest absolute Gasteiger partial charge is 0.344 e. The van der Waals surface area contributed by atoms with Gasteiger partial charge in [0.2, 0.25) is 10.0 Å². The van der Waals surface area contributed by atoms with Gasteiger partial charge in [0.1, 0.15) is 0 Å². The summed E-state index contributed by atoms with van der Waals surface area (Å²) in [5, 5.41) is 2.98. The summed E-state index contributed by atoms with van der Waals surface area (Å²) in [5.41, 5.74) is 0.812. The number of nitrogens with one attached hydrogen (secondary N) is 1. The van der Waals surface area contributed by atoms with Crippen molar-refractivity contribution >= 4 is 27.5 Å². The highest BCUT2D eigenvalue weighted by Crippen LogP contribution is 2.23. The van der Waals surface area contributed by atoms with Crippen molar-refractivity contribution in [1.29, 1.82) is 0 Å². The van der Waals surface area contributed by atoms with Gasteiger partial charge in [0, 0.05) is 19.3 Å². The number of amides is 1. The molecule has 1 amide bonds. The molecule has 1 unspecified atom stereocenters. The molecule has 2 rings (SSSR count). The molecule has 8 heteroatoms. The number of rotatable bonds is 7. The maximum Gasteiger partial charge on any atom is 0.253 e. The average molecular weight is 396 g/mol. The second-order valence-electron chi connectivity index (χ2n) is 5.68. The van der Waals surface area contributed by atoms with Crippen LogP contribution in [0.5, 0.6) is 0 Å². The fourth-order valence-electron chi connectivity index (χ4n) is 2.53. The molecule has 0 fully saturated rings. The molecule has 0 aliphatic carbocycles. The summed E-state index contributed by atoms with van der Waals surface area (Å²) in [6.45, 7) is 6.02. The minimum absolute atomic E-state index is 0.0428. The predicted octanol–water partition coefficient (Wildman–Crippen LogP) is 3.26. The molecule has 2 aromatic rings. The van der Waals surface area contributed by atoms with E-state index in [2.05, 4.69) is 10.3 Å². The first-order valence-corrected chi connectivity index (χ1v) is 10.1. The predicted molar refractivity (Wildman–Crippen MR) is 102 cm³/mol. The lowest BCUT2D eigenvalue weighted by molar-refractivity contribution is 0.0939. The van der Waals surface area contributed by atoms with Crippen molar-refractivity contribution in [2.75, 3.05) is 13.1 Å². The Labute approximate surface area is 159 Å². The van der Waals surface area contributed by atoms with Gasteiger partial charge in [-0.1, -0.05) is 31.5 Å². The van der Waals surface area contributed by atoms with Crippen LogP contribution in [0.2, 0.25) is 5.02 Å². The zero-order chi connectivity index (χ0) is 19.3. The number of carbonyl (C=O) groups is 1. The second kappa shape index (κ2) is 8.62. The van der Waals surface area contributed by atoms with Gasteiger partial charge in [-0.15, -0.1) is 0 Å². The first-order valence-electron chi connectivity index (χ1n) is 8.32. The molecule has 1 N–H and O–H groups in total. The number of halogens is 1. The van der Waals surface area contributed by atoms with Gasteiger partial charge in [0.15, 0.2) is 0 Å². The molecule has 1 heterocycles. The zero-order valence-corrected chi connectivity index (χ0v) is 16.5. The monoisotopic (exact) mass is 395 g/mol. The number of pyridine rings is 1. The van der Waals surface area contributed by atoms with Gasteiger partial charge >= 0.3 is 0 Å². The molecule has 6 nitrogen and oxygen atoms in total. The Hall–Kier alpha value is -1.96. The molecule has 1 aromatic carbocycles. The standard InChI is InChI=1S/C18H22ClN3O3S/c1-4-22(5-2)26(24,25)14-9-10-16(19)15(12-14)18(23)21-13(3)17-8-6-7-11-20-17/h6-13H,4-5H2,1-3H3,(H,21,23). The van der Waals surface area contributed by atoms with Crippen LogP contribution in [0, 0.1) is 0 Å². The van der Waals surface area contributed by atoms with Crippen molar-refractivity contribution in [3.8, 4) is 0 Å². The van der Waals surface area contributed by atoms with Crippen LogP contribution in [0.25, 0.3) is 0 Å². The molecule has 140 valence electrons. The van der Waals surface area contributed by atoms with Crippen molar-refractivity contribution in [3.63, 3.8) is 0 Å². The Morgan fingerprint density at radius 2 is 1.92 bits per heavy atom. The van der Waals surface area contributed by atoms with Crippen molar-refractivity contribution in [3.05, 3.63) is 58.9 Å². The van der Waals surface area contributed by atoms with Crippen molar-refractivity contribution in [2.24, 2.45) is 0 Å². The van der Waals surface area contributed by atoms with Crippen LogP contribution in [-0.2, 0) is 10.0 Å². The van der Waals surface area contributed by atoms with E-state index >= 15 is 0 Å². The molecule has 0 spiro atoms. The number of hydrogen-bond donors (Lipinski definition) is 1. The minimum atomic E-state index is -3.67. The van der Waals surface area contributed by atoms with Gasteiger partial charge in [-0.25, -0.2) is 8.42 Å². The SMILES string of the molecule is CCN(CC)S(=O)(=O)c1ccc(Cl)c(C(=O)NC(C)c2ccccn2)c1. The third kappa shape index (κ3) is 4.41. The van der Waals surface area contributed by atoms with E-state index in [9.17, 15) is 13.2 Å². The van der Waals surface area contributed by atoms with Crippen LogP contribution in [-0.4, -0.2) is 36.7 Å². The van der Waals surface area contributed by atoms with Gasteiger partial charge in [-0.2, -0.15) is 4.31 Å². The number of nitrogens with zero attached hydrogens (tertiary/aromatic N) is 2. The average Bonchev–Trinajstić information content (AvgIpc) is 2.63. The van der Waals surface area contributed by atoms with E-state index in [0.29, 0.717) is 18.8 Å². The molecular weight excluding hydrogens is 374 g/mol. The van der Waals surface area contributed by atoms with Crippen molar-refractivity contribution in [2.45, 2.75) is 31.7 Å².